The van der Waals surface area contributed by atoms with Crippen molar-refractivity contribution in [2.75, 3.05) is 0 Å². The van der Waals surface area contributed by atoms with E-state index in [0.717, 1.165) is 0 Å². The van der Waals surface area contributed by atoms with Gasteiger partial charge in [-0.2, -0.15) is 5.11 Å². The SMILES string of the molecule is C.CC.CC.CC.CC.CC.CC(O)N=Nc1ccccc1O.Cc1cc2ccccc2cc1C.Cc1ccc2ccccc2c1C.Cc1ccc2ccccc2c1C. The molecule has 0 radical (unpaired) electrons. The molecule has 2 N–H and O–H groups in total. The van der Waals surface area contributed by atoms with Gasteiger partial charge in [-0.05, 0) is 126 Å². The molecule has 0 aromatic heterocycles. The maximum atomic E-state index is 9.19. The van der Waals surface area contributed by atoms with Crippen LogP contribution in [-0.4, -0.2) is 16.4 Å². The monoisotopic (exact) mass is 801 g/mol. The standard InChI is InChI=1S/3C12H12.C8H10N2O2.5C2H6.CH4/c1-9-7-11-5-3-4-6-12(11)8-10(9)2;2*1-9-7-8-11-5-3-4-6-12(11)10(9)2;1-6(11)9-10-7-4-2-3-5-8(7)12;5*1-2;/h3*3-8H,1-2H3;2-6,11-12H,1H3;5*1-2H3;1H4. The Labute approximate surface area is 361 Å². The summed E-state index contributed by atoms with van der Waals surface area (Å²) in [5.41, 5.74) is 8.63. The van der Waals surface area contributed by atoms with Gasteiger partial charge in [-0.3, -0.25) is 0 Å². The molecule has 0 saturated heterocycles. The molecule has 0 fully saturated rings. The molecule has 0 aliphatic carbocycles. The van der Waals surface area contributed by atoms with Crippen molar-refractivity contribution < 1.29 is 10.2 Å². The number of aliphatic hydroxyl groups is 1. The van der Waals surface area contributed by atoms with Crippen LogP contribution in [0.5, 0.6) is 5.75 Å². The molecular weight excluding hydrogens is 721 g/mol. The van der Waals surface area contributed by atoms with Crippen LogP contribution in [-0.2, 0) is 0 Å². The molecule has 7 rings (SSSR count). The van der Waals surface area contributed by atoms with E-state index in [1.165, 1.54) is 78.7 Å². The third kappa shape index (κ3) is 20.3. The zero-order valence-electron chi connectivity index (χ0n) is 39.1. The lowest BCUT2D eigenvalue weighted by Crippen LogP contribution is -1.90. The van der Waals surface area contributed by atoms with Crippen molar-refractivity contribution in [1.29, 1.82) is 0 Å². The van der Waals surface area contributed by atoms with Crippen molar-refractivity contribution in [2.24, 2.45) is 10.2 Å². The number of benzene rings is 7. The Morgan fingerprint density at radius 2 is 0.729 bits per heavy atom. The summed E-state index contributed by atoms with van der Waals surface area (Å²) in [5.74, 6) is 0.0573. The van der Waals surface area contributed by atoms with E-state index >= 15 is 0 Å². The van der Waals surface area contributed by atoms with Crippen molar-refractivity contribution >= 4 is 38.0 Å². The molecule has 7 aromatic carbocycles. The van der Waals surface area contributed by atoms with Gasteiger partial charge < -0.3 is 10.2 Å². The van der Waals surface area contributed by atoms with E-state index in [0.29, 0.717) is 5.69 Å². The molecule has 1 unspecified atom stereocenters. The van der Waals surface area contributed by atoms with E-state index in [9.17, 15) is 5.11 Å². The lowest BCUT2D eigenvalue weighted by atomic mass is 10.0. The molecule has 1 atom stereocenters. The first kappa shape index (κ1) is 58.0. The zero-order chi connectivity index (χ0) is 44.6. The molecule has 0 saturated carbocycles. The average molecular weight is 801 g/mol. The summed E-state index contributed by atoms with van der Waals surface area (Å²) in [4.78, 5) is 0. The predicted octanol–water partition coefficient (Wildman–Crippen LogP) is 18.0. The first-order valence-corrected chi connectivity index (χ1v) is 21.3. The smallest absolute Gasteiger partial charge is 0.163 e. The highest BCUT2D eigenvalue weighted by atomic mass is 16.3. The summed E-state index contributed by atoms with van der Waals surface area (Å²) < 4.78 is 0. The van der Waals surface area contributed by atoms with Crippen LogP contribution in [0.25, 0.3) is 32.3 Å². The Bertz CT molecular complexity index is 2010. The van der Waals surface area contributed by atoms with E-state index in [4.69, 9.17) is 5.11 Å². The van der Waals surface area contributed by atoms with Gasteiger partial charge in [0.2, 0.25) is 0 Å². The van der Waals surface area contributed by atoms with Crippen molar-refractivity contribution in [3.8, 4) is 5.75 Å². The van der Waals surface area contributed by atoms with Crippen LogP contribution in [0.2, 0.25) is 0 Å². The van der Waals surface area contributed by atoms with E-state index in [1.807, 2.05) is 69.2 Å². The molecule has 0 aliphatic heterocycles. The summed E-state index contributed by atoms with van der Waals surface area (Å²) in [6.07, 6.45) is -0.843. The van der Waals surface area contributed by atoms with Crippen molar-refractivity contribution in [2.45, 2.75) is 131 Å². The third-order valence-corrected chi connectivity index (χ3v) is 8.51. The van der Waals surface area contributed by atoms with Crippen LogP contribution in [0.1, 0.15) is 117 Å². The number of azo groups is 1. The van der Waals surface area contributed by atoms with Crippen LogP contribution in [0.15, 0.2) is 144 Å². The van der Waals surface area contributed by atoms with Gasteiger partial charge in [-0.15, -0.1) is 5.11 Å². The fraction of sp³-hybridized carbons (Fsp3) is 0.345. The first-order chi connectivity index (χ1) is 28.0. The number of aryl methyl sites for hydroxylation is 6. The van der Waals surface area contributed by atoms with Gasteiger partial charge in [0.25, 0.3) is 0 Å². The minimum Gasteiger partial charge on any atom is -0.506 e. The van der Waals surface area contributed by atoms with Crippen molar-refractivity contribution in [1.82, 2.24) is 0 Å². The lowest BCUT2D eigenvalue weighted by Gasteiger charge is -2.04. The van der Waals surface area contributed by atoms with Gasteiger partial charge in [-0.25, -0.2) is 0 Å². The number of phenolic OH excluding ortho intramolecular Hbond substituents is 1. The Morgan fingerprint density at radius 3 is 1.08 bits per heavy atom. The average Bonchev–Trinajstić information content (AvgIpc) is 3.28. The molecule has 59 heavy (non-hydrogen) atoms. The van der Waals surface area contributed by atoms with Crippen molar-refractivity contribution in [3.63, 3.8) is 0 Å². The van der Waals surface area contributed by atoms with E-state index in [2.05, 4.69) is 161 Å². The fourth-order valence-electron chi connectivity index (χ4n) is 5.23. The first-order valence-electron chi connectivity index (χ1n) is 21.3. The highest BCUT2D eigenvalue weighted by Gasteiger charge is 1.99. The summed E-state index contributed by atoms with van der Waals surface area (Å²) in [6, 6.07) is 45.2. The van der Waals surface area contributed by atoms with E-state index < -0.39 is 6.23 Å². The molecule has 0 aliphatic rings. The maximum Gasteiger partial charge on any atom is 0.163 e. The third-order valence-electron chi connectivity index (χ3n) is 8.51. The Hall–Kier alpha value is -5.32. The number of fused-ring (bicyclic) bond motifs is 3. The number of para-hydroxylation sites is 1. The van der Waals surface area contributed by atoms with Gasteiger partial charge in [-0.1, -0.05) is 198 Å². The van der Waals surface area contributed by atoms with Crippen LogP contribution < -0.4 is 0 Å². The van der Waals surface area contributed by atoms with E-state index in [-0.39, 0.29) is 13.2 Å². The second-order valence-electron chi connectivity index (χ2n) is 12.1. The Kier molecular flexibility index (Phi) is 34.1. The molecule has 4 heteroatoms. The van der Waals surface area contributed by atoms with Crippen LogP contribution in [0.4, 0.5) is 5.69 Å². The Balaban J connectivity index is -0.000000657. The van der Waals surface area contributed by atoms with Gasteiger partial charge in [0.15, 0.2) is 6.23 Å². The topological polar surface area (TPSA) is 65.2 Å². The number of hydrogen-bond acceptors (Lipinski definition) is 4. The molecule has 0 spiro atoms. The zero-order valence-corrected chi connectivity index (χ0v) is 39.1. The number of nitrogens with zero attached hydrogens (tertiary/aromatic N) is 2. The van der Waals surface area contributed by atoms with Gasteiger partial charge in [0.1, 0.15) is 11.4 Å². The lowest BCUT2D eigenvalue weighted by molar-refractivity contribution is 0.197. The number of aliphatic hydroxyl groups excluding tert-OH is 1. The quantitative estimate of drug-likeness (QED) is 0.171. The molecule has 322 valence electrons. The summed E-state index contributed by atoms with van der Waals surface area (Å²) in [5, 5.41) is 33.1. The second-order valence-corrected chi connectivity index (χ2v) is 12.1. The number of aromatic hydroxyl groups is 1. The normalized spacial score (nSPS) is 9.66. The fourth-order valence-corrected chi connectivity index (χ4v) is 5.23. The van der Waals surface area contributed by atoms with Gasteiger partial charge >= 0.3 is 0 Å². The Morgan fingerprint density at radius 1 is 0.407 bits per heavy atom. The summed E-state index contributed by atoms with van der Waals surface area (Å²) in [6.45, 7) is 34.5. The van der Waals surface area contributed by atoms with Crippen LogP contribution in [0, 0.1) is 41.5 Å². The van der Waals surface area contributed by atoms with Crippen LogP contribution in [0.3, 0.4) is 0 Å². The molecule has 0 amide bonds. The number of hydrogen-bond donors (Lipinski definition) is 2. The minimum absolute atomic E-state index is 0. The molecule has 0 heterocycles. The van der Waals surface area contributed by atoms with E-state index in [1.54, 1.807) is 18.2 Å². The van der Waals surface area contributed by atoms with Crippen LogP contribution >= 0.6 is 0 Å². The largest absolute Gasteiger partial charge is 0.506 e. The predicted molar refractivity (Wildman–Crippen MR) is 268 cm³/mol. The van der Waals surface area contributed by atoms with Gasteiger partial charge in [0, 0.05) is 0 Å². The molecular formula is C55H80N2O2. The maximum absolute atomic E-state index is 9.19. The minimum atomic E-state index is -0.843. The van der Waals surface area contributed by atoms with Crippen molar-refractivity contribution in [3.05, 3.63) is 167 Å². The number of phenols is 1. The number of rotatable bonds is 2. The molecule has 7 aromatic rings. The molecule has 0 bridgehead atoms. The summed E-state index contributed by atoms with van der Waals surface area (Å²) >= 11 is 0. The highest BCUT2D eigenvalue weighted by molar-refractivity contribution is 5.87. The highest BCUT2D eigenvalue weighted by Crippen LogP contribution is 2.25. The summed E-state index contributed by atoms with van der Waals surface area (Å²) in [7, 11) is 0. The second kappa shape index (κ2) is 34.7. The van der Waals surface area contributed by atoms with Gasteiger partial charge in [0.05, 0.1) is 0 Å². The molecule has 4 nitrogen and oxygen atoms in total.